The number of nitrogens with zero attached hydrogens (tertiary/aromatic N) is 2. The van der Waals surface area contributed by atoms with Gasteiger partial charge in [-0.3, -0.25) is 0 Å². The van der Waals surface area contributed by atoms with Crippen molar-refractivity contribution >= 4 is 5.95 Å². The maximum absolute atomic E-state index is 12.8. The van der Waals surface area contributed by atoms with Crippen LogP contribution < -0.4 is 10.1 Å². The number of hydrogen-bond acceptors (Lipinski definition) is 4. The van der Waals surface area contributed by atoms with Gasteiger partial charge in [0.25, 0.3) is 0 Å². The highest BCUT2D eigenvalue weighted by atomic mass is 19.4. The van der Waals surface area contributed by atoms with E-state index in [1.54, 1.807) is 24.3 Å². The molecular weight excluding hydrogens is 271 g/mol. The van der Waals surface area contributed by atoms with E-state index >= 15 is 0 Å². The zero-order valence-corrected chi connectivity index (χ0v) is 10.8. The van der Waals surface area contributed by atoms with Gasteiger partial charge in [0.05, 0.1) is 12.8 Å². The van der Waals surface area contributed by atoms with Crippen LogP contribution in [0.4, 0.5) is 19.1 Å². The van der Waals surface area contributed by atoms with Crippen LogP contribution in [0.5, 0.6) is 5.75 Å². The Kier molecular flexibility index (Phi) is 3.78. The van der Waals surface area contributed by atoms with Gasteiger partial charge >= 0.3 is 6.18 Å². The molecule has 1 N–H and O–H groups in total. The standard InChI is InChI=1S/C13H12F3N3O/c1-17-12-18-10(7-11(19-12)13(14,15)16)8-3-5-9(20-2)6-4-8/h3-7H,1-2H3,(H,17,18,19). The van der Waals surface area contributed by atoms with Gasteiger partial charge in [-0.05, 0) is 30.3 Å². The number of hydrogen-bond donors (Lipinski definition) is 1. The number of aromatic nitrogens is 2. The summed E-state index contributed by atoms with van der Waals surface area (Å²) in [6.45, 7) is 0. The molecule has 0 aliphatic heterocycles. The Morgan fingerprint density at radius 3 is 2.25 bits per heavy atom. The molecule has 7 heteroatoms. The first kappa shape index (κ1) is 14.1. The molecule has 0 aliphatic rings. The quantitative estimate of drug-likeness (QED) is 0.939. The lowest BCUT2D eigenvalue weighted by molar-refractivity contribution is -0.141. The second kappa shape index (κ2) is 5.36. The molecule has 0 aliphatic carbocycles. The summed E-state index contributed by atoms with van der Waals surface area (Å²) in [6, 6.07) is 7.51. The third-order valence-corrected chi connectivity index (χ3v) is 2.63. The summed E-state index contributed by atoms with van der Waals surface area (Å²) in [4.78, 5) is 7.44. The molecule has 0 fully saturated rings. The van der Waals surface area contributed by atoms with Gasteiger partial charge in [-0.25, -0.2) is 9.97 Å². The van der Waals surface area contributed by atoms with E-state index in [0.29, 0.717) is 11.3 Å². The van der Waals surface area contributed by atoms with Crippen molar-refractivity contribution in [1.29, 1.82) is 0 Å². The van der Waals surface area contributed by atoms with E-state index in [-0.39, 0.29) is 11.6 Å². The summed E-state index contributed by atoms with van der Waals surface area (Å²) >= 11 is 0. The zero-order chi connectivity index (χ0) is 14.8. The summed E-state index contributed by atoms with van der Waals surface area (Å²) in [7, 11) is 2.98. The number of rotatable bonds is 3. The van der Waals surface area contributed by atoms with Crippen LogP contribution in [0.2, 0.25) is 0 Å². The molecule has 0 saturated carbocycles. The highest BCUT2D eigenvalue weighted by Crippen LogP contribution is 2.31. The van der Waals surface area contributed by atoms with Gasteiger partial charge in [-0.2, -0.15) is 13.2 Å². The third kappa shape index (κ3) is 2.98. The molecule has 106 valence electrons. The molecule has 0 bridgehead atoms. The Bertz CT molecular complexity index is 597. The largest absolute Gasteiger partial charge is 0.497 e. The van der Waals surface area contributed by atoms with Crippen LogP contribution in [0.1, 0.15) is 5.69 Å². The summed E-state index contributed by atoms with van der Waals surface area (Å²) in [6.07, 6.45) is -4.52. The smallest absolute Gasteiger partial charge is 0.433 e. The minimum Gasteiger partial charge on any atom is -0.497 e. The van der Waals surface area contributed by atoms with Crippen LogP contribution in [0, 0.1) is 0 Å². The van der Waals surface area contributed by atoms with Gasteiger partial charge in [0.1, 0.15) is 5.75 Å². The summed E-state index contributed by atoms with van der Waals surface area (Å²) < 4.78 is 43.3. The minimum absolute atomic E-state index is 0.0781. The van der Waals surface area contributed by atoms with Gasteiger partial charge in [-0.1, -0.05) is 0 Å². The first-order valence-corrected chi connectivity index (χ1v) is 5.72. The van der Waals surface area contributed by atoms with Crippen LogP contribution in [-0.4, -0.2) is 24.1 Å². The van der Waals surface area contributed by atoms with Crippen molar-refractivity contribution < 1.29 is 17.9 Å². The van der Waals surface area contributed by atoms with E-state index in [1.807, 2.05) is 0 Å². The summed E-state index contributed by atoms with van der Waals surface area (Å²) in [5.41, 5.74) is -0.239. The van der Waals surface area contributed by atoms with Crippen LogP contribution >= 0.6 is 0 Å². The lowest BCUT2D eigenvalue weighted by Crippen LogP contribution is -2.11. The predicted molar refractivity (Wildman–Crippen MR) is 68.6 cm³/mol. The Morgan fingerprint density at radius 2 is 1.75 bits per heavy atom. The molecule has 0 radical (unpaired) electrons. The first-order valence-electron chi connectivity index (χ1n) is 5.72. The second-order valence-electron chi connectivity index (χ2n) is 3.94. The molecule has 1 aromatic heterocycles. The van der Waals surface area contributed by atoms with Crippen molar-refractivity contribution in [1.82, 2.24) is 9.97 Å². The number of nitrogens with one attached hydrogen (secondary N) is 1. The number of methoxy groups -OCH3 is 1. The molecule has 0 amide bonds. The summed E-state index contributed by atoms with van der Waals surface area (Å²) in [5, 5.41) is 2.53. The molecule has 2 rings (SSSR count). The number of halogens is 3. The van der Waals surface area contributed by atoms with Crippen molar-refractivity contribution in [2.24, 2.45) is 0 Å². The molecule has 0 saturated heterocycles. The SMILES string of the molecule is CNc1nc(-c2ccc(OC)cc2)cc(C(F)(F)F)n1. The van der Waals surface area contributed by atoms with E-state index in [0.717, 1.165) is 6.07 Å². The monoisotopic (exact) mass is 283 g/mol. The number of benzene rings is 1. The Hall–Kier alpha value is -2.31. The van der Waals surface area contributed by atoms with Crippen molar-refractivity contribution in [2.75, 3.05) is 19.5 Å². The van der Waals surface area contributed by atoms with Crippen molar-refractivity contribution in [2.45, 2.75) is 6.18 Å². The predicted octanol–water partition coefficient (Wildman–Crippen LogP) is 3.21. The Morgan fingerprint density at radius 1 is 1.10 bits per heavy atom. The number of alkyl halides is 3. The van der Waals surface area contributed by atoms with Crippen molar-refractivity contribution in [3.05, 3.63) is 36.0 Å². The van der Waals surface area contributed by atoms with Crippen molar-refractivity contribution in [3.63, 3.8) is 0 Å². The highest BCUT2D eigenvalue weighted by molar-refractivity contribution is 5.62. The zero-order valence-electron chi connectivity index (χ0n) is 10.8. The fourth-order valence-corrected chi connectivity index (χ4v) is 1.61. The first-order chi connectivity index (χ1) is 9.44. The molecule has 0 spiro atoms. The summed E-state index contributed by atoms with van der Waals surface area (Å²) in [5.74, 6) is 0.540. The third-order valence-electron chi connectivity index (χ3n) is 2.63. The number of ether oxygens (including phenoxy) is 1. The molecule has 0 unspecified atom stereocenters. The number of anilines is 1. The average Bonchev–Trinajstić information content (AvgIpc) is 2.46. The Labute approximate surface area is 113 Å². The van der Waals surface area contributed by atoms with E-state index < -0.39 is 11.9 Å². The second-order valence-corrected chi connectivity index (χ2v) is 3.94. The van der Waals surface area contributed by atoms with Gasteiger partial charge in [0.2, 0.25) is 5.95 Å². The van der Waals surface area contributed by atoms with Crippen LogP contribution in [-0.2, 0) is 6.18 Å². The molecule has 2 aromatic rings. The molecular formula is C13H12F3N3O. The minimum atomic E-state index is -4.52. The van der Waals surface area contributed by atoms with Gasteiger partial charge in [-0.15, -0.1) is 0 Å². The molecule has 4 nitrogen and oxygen atoms in total. The van der Waals surface area contributed by atoms with Gasteiger partial charge in [0.15, 0.2) is 5.69 Å². The topological polar surface area (TPSA) is 47.0 Å². The maximum atomic E-state index is 12.8. The van der Waals surface area contributed by atoms with Crippen LogP contribution in [0.25, 0.3) is 11.3 Å². The lowest BCUT2D eigenvalue weighted by atomic mass is 10.1. The van der Waals surface area contributed by atoms with Gasteiger partial charge < -0.3 is 10.1 Å². The molecule has 0 atom stereocenters. The molecule has 1 heterocycles. The maximum Gasteiger partial charge on any atom is 0.433 e. The lowest BCUT2D eigenvalue weighted by Gasteiger charge is -2.10. The van der Waals surface area contributed by atoms with E-state index in [2.05, 4.69) is 15.3 Å². The fourth-order valence-electron chi connectivity index (χ4n) is 1.61. The Balaban J connectivity index is 2.49. The van der Waals surface area contributed by atoms with E-state index in [4.69, 9.17) is 4.74 Å². The normalized spacial score (nSPS) is 11.2. The van der Waals surface area contributed by atoms with Crippen molar-refractivity contribution in [3.8, 4) is 17.0 Å². The highest BCUT2D eigenvalue weighted by Gasteiger charge is 2.33. The fraction of sp³-hybridized carbons (Fsp3) is 0.231. The molecule has 1 aromatic carbocycles. The van der Waals surface area contributed by atoms with E-state index in [1.165, 1.54) is 14.2 Å². The van der Waals surface area contributed by atoms with Crippen LogP contribution in [0.3, 0.4) is 0 Å². The van der Waals surface area contributed by atoms with Crippen LogP contribution in [0.15, 0.2) is 30.3 Å². The average molecular weight is 283 g/mol. The molecule has 20 heavy (non-hydrogen) atoms. The van der Waals surface area contributed by atoms with E-state index in [9.17, 15) is 13.2 Å². The van der Waals surface area contributed by atoms with Gasteiger partial charge in [0, 0.05) is 12.6 Å².